The third-order valence-corrected chi connectivity index (χ3v) is 2.67. The minimum Gasteiger partial charge on any atom is -0.396 e. The van der Waals surface area contributed by atoms with Gasteiger partial charge in [-0.15, -0.1) is 0 Å². The highest BCUT2D eigenvalue weighted by atomic mass is 32.1. The average molecular weight is 186 g/mol. The molecule has 0 radical (unpaired) electrons. The second-order valence-electron chi connectivity index (χ2n) is 2.90. The molecule has 68 valence electrons. The lowest BCUT2D eigenvalue weighted by molar-refractivity contribution is 0.144. The normalized spacial score (nSPS) is 10.9. The van der Waals surface area contributed by atoms with Crippen LogP contribution in [0.2, 0.25) is 0 Å². The van der Waals surface area contributed by atoms with Gasteiger partial charge in [0.15, 0.2) is 0 Å². The molecule has 0 aliphatic heterocycles. The lowest BCUT2D eigenvalue weighted by Gasteiger charge is -2.08. The van der Waals surface area contributed by atoms with E-state index in [-0.39, 0.29) is 19.1 Å². The summed E-state index contributed by atoms with van der Waals surface area (Å²) in [4.78, 5) is 0. The van der Waals surface area contributed by atoms with E-state index in [1.165, 1.54) is 5.56 Å². The fourth-order valence-corrected chi connectivity index (χ4v) is 1.75. The van der Waals surface area contributed by atoms with Gasteiger partial charge < -0.3 is 10.2 Å². The number of thiophene rings is 1. The van der Waals surface area contributed by atoms with Crippen molar-refractivity contribution in [3.63, 3.8) is 0 Å². The summed E-state index contributed by atoms with van der Waals surface area (Å²) < 4.78 is 0. The summed E-state index contributed by atoms with van der Waals surface area (Å²) in [6, 6.07) is 2.08. The SMILES string of the molecule is OCC(CO)CCc1ccsc1. The second kappa shape index (κ2) is 5.30. The summed E-state index contributed by atoms with van der Waals surface area (Å²) in [7, 11) is 0. The van der Waals surface area contributed by atoms with Crippen LogP contribution in [0.15, 0.2) is 16.8 Å². The number of rotatable bonds is 5. The third-order valence-electron chi connectivity index (χ3n) is 1.94. The molecular weight excluding hydrogens is 172 g/mol. The van der Waals surface area contributed by atoms with Crippen LogP contribution in [0.4, 0.5) is 0 Å². The van der Waals surface area contributed by atoms with E-state index in [1.807, 2.05) is 5.38 Å². The zero-order valence-corrected chi connectivity index (χ0v) is 7.76. The van der Waals surface area contributed by atoms with Crippen LogP contribution in [0, 0.1) is 5.92 Å². The Morgan fingerprint density at radius 2 is 2.08 bits per heavy atom. The van der Waals surface area contributed by atoms with Gasteiger partial charge in [-0.3, -0.25) is 0 Å². The van der Waals surface area contributed by atoms with E-state index in [0.717, 1.165) is 12.8 Å². The molecule has 0 spiro atoms. The van der Waals surface area contributed by atoms with Gasteiger partial charge in [0.2, 0.25) is 0 Å². The molecule has 0 atom stereocenters. The number of aliphatic hydroxyl groups excluding tert-OH is 2. The summed E-state index contributed by atoms with van der Waals surface area (Å²) in [5.74, 6) is 0.0462. The van der Waals surface area contributed by atoms with Crippen molar-refractivity contribution >= 4 is 11.3 Å². The predicted octanol–water partition coefficient (Wildman–Crippen LogP) is 1.28. The first-order chi connectivity index (χ1) is 5.86. The molecule has 1 aromatic heterocycles. The van der Waals surface area contributed by atoms with Gasteiger partial charge in [0.05, 0.1) is 0 Å². The fraction of sp³-hybridized carbons (Fsp3) is 0.556. The van der Waals surface area contributed by atoms with Crippen molar-refractivity contribution < 1.29 is 10.2 Å². The molecule has 0 saturated heterocycles. The fourth-order valence-electron chi connectivity index (χ4n) is 1.05. The van der Waals surface area contributed by atoms with Gasteiger partial charge >= 0.3 is 0 Å². The van der Waals surface area contributed by atoms with Crippen LogP contribution in [-0.2, 0) is 6.42 Å². The summed E-state index contributed by atoms with van der Waals surface area (Å²) >= 11 is 1.68. The first kappa shape index (κ1) is 9.71. The van der Waals surface area contributed by atoms with Crippen molar-refractivity contribution in [2.75, 3.05) is 13.2 Å². The van der Waals surface area contributed by atoms with Crippen molar-refractivity contribution in [1.29, 1.82) is 0 Å². The zero-order chi connectivity index (χ0) is 8.81. The van der Waals surface area contributed by atoms with Crippen molar-refractivity contribution in [2.24, 2.45) is 5.92 Å². The molecule has 1 rings (SSSR count). The highest BCUT2D eigenvalue weighted by Crippen LogP contribution is 2.12. The van der Waals surface area contributed by atoms with Gasteiger partial charge in [0.25, 0.3) is 0 Å². The Labute approximate surface area is 76.5 Å². The van der Waals surface area contributed by atoms with Gasteiger partial charge in [-0.25, -0.2) is 0 Å². The molecular formula is C9H14O2S. The average Bonchev–Trinajstić information content (AvgIpc) is 2.59. The summed E-state index contributed by atoms with van der Waals surface area (Å²) in [6.45, 7) is 0.168. The first-order valence-corrected chi connectivity index (χ1v) is 5.04. The standard InChI is InChI=1S/C9H14O2S/c10-5-9(6-11)2-1-8-3-4-12-7-8/h3-4,7,9-11H,1-2,5-6H2. The summed E-state index contributed by atoms with van der Waals surface area (Å²) in [5.41, 5.74) is 1.30. The van der Waals surface area contributed by atoms with Crippen molar-refractivity contribution in [3.8, 4) is 0 Å². The molecule has 0 saturated carbocycles. The highest BCUT2D eigenvalue weighted by molar-refractivity contribution is 7.07. The Bertz CT molecular complexity index is 192. The van der Waals surface area contributed by atoms with Crippen LogP contribution in [0.25, 0.3) is 0 Å². The number of aryl methyl sites for hydroxylation is 1. The first-order valence-electron chi connectivity index (χ1n) is 4.09. The monoisotopic (exact) mass is 186 g/mol. The Morgan fingerprint density at radius 3 is 2.58 bits per heavy atom. The smallest absolute Gasteiger partial charge is 0.0481 e. The molecule has 2 N–H and O–H groups in total. The Morgan fingerprint density at radius 1 is 1.33 bits per heavy atom. The van der Waals surface area contributed by atoms with Crippen LogP contribution in [0.5, 0.6) is 0 Å². The van der Waals surface area contributed by atoms with Crippen LogP contribution < -0.4 is 0 Å². The van der Waals surface area contributed by atoms with E-state index in [2.05, 4.69) is 11.4 Å². The molecule has 3 heteroatoms. The van der Waals surface area contributed by atoms with Crippen LogP contribution in [0.3, 0.4) is 0 Å². The third kappa shape index (κ3) is 2.93. The van der Waals surface area contributed by atoms with Gasteiger partial charge in [-0.05, 0) is 35.2 Å². The largest absolute Gasteiger partial charge is 0.396 e. The lowest BCUT2D eigenvalue weighted by Crippen LogP contribution is -2.11. The molecule has 0 bridgehead atoms. The van der Waals surface area contributed by atoms with Gasteiger partial charge in [0.1, 0.15) is 0 Å². The minimum atomic E-state index is 0.0462. The molecule has 12 heavy (non-hydrogen) atoms. The van der Waals surface area contributed by atoms with Crippen molar-refractivity contribution in [2.45, 2.75) is 12.8 Å². The lowest BCUT2D eigenvalue weighted by atomic mass is 10.0. The van der Waals surface area contributed by atoms with E-state index < -0.39 is 0 Å². The molecule has 0 aliphatic carbocycles. The maximum atomic E-state index is 8.80. The molecule has 1 aromatic rings. The summed E-state index contributed by atoms with van der Waals surface area (Å²) in [5, 5.41) is 21.7. The van der Waals surface area contributed by atoms with Crippen molar-refractivity contribution in [3.05, 3.63) is 22.4 Å². The number of aliphatic hydroxyl groups is 2. The van der Waals surface area contributed by atoms with E-state index >= 15 is 0 Å². The van der Waals surface area contributed by atoms with Gasteiger partial charge in [-0.1, -0.05) is 0 Å². The Kier molecular flexibility index (Phi) is 4.29. The molecule has 0 unspecified atom stereocenters. The maximum absolute atomic E-state index is 8.80. The topological polar surface area (TPSA) is 40.5 Å². The molecule has 1 heterocycles. The van der Waals surface area contributed by atoms with Gasteiger partial charge in [0, 0.05) is 19.1 Å². The molecule has 2 nitrogen and oxygen atoms in total. The van der Waals surface area contributed by atoms with E-state index in [9.17, 15) is 0 Å². The molecule has 0 aliphatic rings. The predicted molar refractivity (Wildman–Crippen MR) is 50.3 cm³/mol. The Balaban J connectivity index is 2.25. The number of hydrogen-bond acceptors (Lipinski definition) is 3. The quantitative estimate of drug-likeness (QED) is 0.727. The molecule has 0 amide bonds. The van der Waals surface area contributed by atoms with E-state index in [4.69, 9.17) is 10.2 Å². The maximum Gasteiger partial charge on any atom is 0.0481 e. The minimum absolute atomic E-state index is 0.0462. The second-order valence-corrected chi connectivity index (χ2v) is 3.68. The molecule has 0 fully saturated rings. The summed E-state index contributed by atoms with van der Waals surface area (Å²) in [6.07, 6.45) is 1.82. The Hall–Kier alpha value is -0.380. The van der Waals surface area contributed by atoms with Crippen molar-refractivity contribution in [1.82, 2.24) is 0 Å². The van der Waals surface area contributed by atoms with Crippen LogP contribution >= 0.6 is 11.3 Å². The number of hydrogen-bond donors (Lipinski definition) is 2. The van der Waals surface area contributed by atoms with Crippen LogP contribution in [-0.4, -0.2) is 23.4 Å². The zero-order valence-electron chi connectivity index (χ0n) is 6.94. The highest BCUT2D eigenvalue weighted by Gasteiger charge is 2.05. The molecule has 0 aromatic carbocycles. The van der Waals surface area contributed by atoms with Gasteiger partial charge in [-0.2, -0.15) is 11.3 Å². The van der Waals surface area contributed by atoms with E-state index in [0.29, 0.717) is 0 Å². The van der Waals surface area contributed by atoms with E-state index in [1.54, 1.807) is 11.3 Å². The van der Waals surface area contributed by atoms with Crippen LogP contribution in [0.1, 0.15) is 12.0 Å².